The highest BCUT2D eigenvalue weighted by molar-refractivity contribution is 7.09. The number of carboxylic acid groups (broad SMARTS) is 1. The Morgan fingerprint density at radius 3 is 2.65 bits per heavy atom. The molecule has 0 aliphatic carbocycles. The summed E-state index contributed by atoms with van der Waals surface area (Å²) < 4.78 is 5.32. The Morgan fingerprint density at radius 2 is 2.13 bits per heavy atom. The van der Waals surface area contributed by atoms with Crippen LogP contribution >= 0.6 is 11.3 Å². The Morgan fingerprint density at radius 1 is 1.43 bits per heavy atom. The van der Waals surface area contributed by atoms with E-state index in [1.807, 2.05) is 32.2 Å². The number of nitrogens with zero attached hydrogens (tertiary/aromatic N) is 1. The zero-order valence-corrected chi connectivity index (χ0v) is 14.6. The molecule has 0 aromatic carbocycles. The number of ether oxygens (including phenoxy) is 1. The van der Waals surface area contributed by atoms with Gasteiger partial charge in [0.05, 0.1) is 12.0 Å². The number of rotatable bonds is 6. The molecule has 0 bridgehead atoms. The number of likely N-dealkylation sites (tertiary alicyclic amines) is 1. The third-order valence-electron chi connectivity index (χ3n) is 3.58. The highest BCUT2D eigenvalue weighted by Crippen LogP contribution is 2.27. The summed E-state index contributed by atoms with van der Waals surface area (Å²) in [5, 5.41) is 14.5. The molecule has 2 N–H and O–H groups in total. The van der Waals surface area contributed by atoms with Gasteiger partial charge in [0.1, 0.15) is 5.60 Å². The van der Waals surface area contributed by atoms with E-state index in [1.165, 1.54) is 4.88 Å². The highest BCUT2D eigenvalue weighted by atomic mass is 32.1. The molecule has 1 amide bonds. The molecule has 2 heterocycles. The fourth-order valence-corrected chi connectivity index (χ4v) is 3.33. The van der Waals surface area contributed by atoms with E-state index in [0.29, 0.717) is 19.6 Å². The highest BCUT2D eigenvalue weighted by Gasteiger charge is 2.47. The summed E-state index contributed by atoms with van der Waals surface area (Å²) in [4.78, 5) is 25.9. The van der Waals surface area contributed by atoms with Gasteiger partial charge in [-0.25, -0.2) is 4.79 Å². The fourth-order valence-electron chi connectivity index (χ4n) is 2.62. The Kier molecular flexibility index (Phi) is 5.31. The van der Waals surface area contributed by atoms with Gasteiger partial charge in [0.15, 0.2) is 0 Å². The minimum Gasteiger partial charge on any atom is -0.481 e. The fraction of sp³-hybridized carbons (Fsp3) is 0.625. The van der Waals surface area contributed by atoms with E-state index in [-0.39, 0.29) is 6.42 Å². The topological polar surface area (TPSA) is 78.9 Å². The van der Waals surface area contributed by atoms with Crippen LogP contribution in [0.5, 0.6) is 0 Å². The van der Waals surface area contributed by atoms with Crippen molar-refractivity contribution in [1.29, 1.82) is 0 Å². The molecule has 1 aliphatic rings. The van der Waals surface area contributed by atoms with Crippen molar-refractivity contribution < 1.29 is 19.4 Å². The van der Waals surface area contributed by atoms with Gasteiger partial charge >= 0.3 is 12.1 Å². The first-order valence-electron chi connectivity index (χ1n) is 7.66. The number of thiophene rings is 1. The molecular formula is C16H24N2O4S. The van der Waals surface area contributed by atoms with Crippen molar-refractivity contribution in [2.75, 3.05) is 19.6 Å². The standard InChI is InChI=1S/C16H24N2O4S/c1-15(2,3)22-14(21)18-10-16(11-18,9-13(19)20)17-7-6-12-5-4-8-23-12/h4-5,8,17H,6-7,9-11H2,1-3H3,(H,19,20). The van der Waals surface area contributed by atoms with E-state index in [2.05, 4.69) is 11.4 Å². The molecule has 1 aromatic heterocycles. The third-order valence-corrected chi connectivity index (χ3v) is 4.52. The maximum atomic E-state index is 12.0. The first-order chi connectivity index (χ1) is 10.7. The number of nitrogens with one attached hydrogen (secondary N) is 1. The van der Waals surface area contributed by atoms with Crippen LogP contribution in [0.2, 0.25) is 0 Å². The molecule has 6 nitrogen and oxygen atoms in total. The van der Waals surface area contributed by atoms with E-state index in [4.69, 9.17) is 9.84 Å². The molecule has 0 atom stereocenters. The van der Waals surface area contributed by atoms with Crippen molar-refractivity contribution >= 4 is 23.4 Å². The van der Waals surface area contributed by atoms with Crippen molar-refractivity contribution in [1.82, 2.24) is 10.2 Å². The van der Waals surface area contributed by atoms with Gasteiger partial charge in [-0.05, 0) is 38.6 Å². The summed E-state index contributed by atoms with van der Waals surface area (Å²) in [6, 6.07) is 4.06. The molecule has 1 aromatic rings. The molecule has 0 unspecified atom stereocenters. The van der Waals surface area contributed by atoms with Crippen molar-refractivity contribution in [3.63, 3.8) is 0 Å². The lowest BCUT2D eigenvalue weighted by atomic mass is 9.86. The second-order valence-electron chi connectivity index (χ2n) is 6.94. The van der Waals surface area contributed by atoms with Crippen LogP contribution in [0.3, 0.4) is 0 Å². The Hall–Kier alpha value is -1.60. The molecule has 128 valence electrons. The zero-order valence-electron chi connectivity index (χ0n) is 13.8. The lowest BCUT2D eigenvalue weighted by Gasteiger charge is -2.49. The quantitative estimate of drug-likeness (QED) is 0.831. The molecule has 2 rings (SSSR count). The number of aliphatic carboxylic acids is 1. The summed E-state index contributed by atoms with van der Waals surface area (Å²) in [6.45, 7) is 6.85. The zero-order chi connectivity index (χ0) is 17.1. The van der Waals surface area contributed by atoms with Crippen molar-refractivity contribution in [3.8, 4) is 0 Å². The molecule has 7 heteroatoms. The van der Waals surface area contributed by atoms with Crippen LogP contribution in [-0.2, 0) is 16.0 Å². The van der Waals surface area contributed by atoms with Crippen LogP contribution in [-0.4, -0.2) is 52.8 Å². The Bertz CT molecular complexity index is 545. The summed E-state index contributed by atoms with van der Waals surface area (Å²) >= 11 is 1.68. The van der Waals surface area contributed by atoms with Gasteiger partial charge in [0, 0.05) is 24.5 Å². The van der Waals surface area contributed by atoms with Gasteiger partial charge in [0.25, 0.3) is 0 Å². The number of amides is 1. The molecular weight excluding hydrogens is 316 g/mol. The number of carbonyl (C=O) groups excluding carboxylic acids is 1. The molecule has 0 spiro atoms. The SMILES string of the molecule is CC(C)(C)OC(=O)N1CC(CC(=O)O)(NCCc2cccs2)C1. The summed E-state index contributed by atoms with van der Waals surface area (Å²) in [5.41, 5.74) is -1.10. The molecule has 23 heavy (non-hydrogen) atoms. The Balaban J connectivity index is 1.86. The predicted octanol–water partition coefficient (Wildman–Crippen LogP) is 2.34. The lowest BCUT2D eigenvalue weighted by Crippen LogP contribution is -2.71. The average molecular weight is 340 g/mol. The molecule has 1 fully saturated rings. The van der Waals surface area contributed by atoms with Gasteiger partial charge in [0.2, 0.25) is 0 Å². The van der Waals surface area contributed by atoms with Gasteiger partial charge in [-0.3, -0.25) is 4.79 Å². The summed E-state index contributed by atoms with van der Waals surface area (Å²) in [7, 11) is 0. The van der Waals surface area contributed by atoms with Gasteiger partial charge in [-0.1, -0.05) is 6.07 Å². The van der Waals surface area contributed by atoms with Crippen molar-refractivity contribution in [3.05, 3.63) is 22.4 Å². The van der Waals surface area contributed by atoms with Crippen LogP contribution in [0.25, 0.3) is 0 Å². The van der Waals surface area contributed by atoms with Gasteiger partial charge in [-0.2, -0.15) is 0 Å². The van der Waals surface area contributed by atoms with Crippen LogP contribution in [0.1, 0.15) is 32.1 Å². The van der Waals surface area contributed by atoms with Crippen LogP contribution in [0, 0.1) is 0 Å². The average Bonchev–Trinajstić information content (AvgIpc) is 2.85. The van der Waals surface area contributed by atoms with E-state index in [9.17, 15) is 9.59 Å². The predicted molar refractivity (Wildman–Crippen MR) is 88.8 cm³/mol. The first-order valence-corrected chi connectivity index (χ1v) is 8.54. The number of hydrogen-bond donors (Lipinski definition) is 2. The Labute approximate surface area is 140 Å². The molecule has 0 saturated carbocycles. The van der Waals surface area contributed by atoms with Crippen molar-refractivity contribution in [2.24, 2.45) is 0 Å². The summed E-state index contributed by atoms with van der Waals surface area (Å²) in [5.74, 6) is -0.863. The van der Waals surface area contributed by atoms with E-state index >= 15 is 0 Å². The second kappa shape index (κ2) is 6.88. The minimum atomic E-state index is -0.863. The maximum absolute atomic E-state index is 12.0. The first kappa shape index (κ1) is 17.7. The third kappa shape index (κ3) is 5.21. The van der Waals surface area contributed by atoms with Crippen LogP contribution < -0.4 is 5.32 Å². The van der Waals surface area contributed by atoms with Crippen molar-refractivity contribution in [2.45, 2.75) is 44.8 Å². The smallest absolute Gasteiger partial charge is 0.410 e. The second-order valence-corrected chi connectivity index (χ2v) is 7.98. The van der Waals surface area contributed by atoms with E-state index in [0.717, 1.165) is 6.42 Å². The largest absolute Gasteiger partial charge is 0.481 e. The van der Waals surface area contributed by atoms with Crippen LogP contribution in [0.4, 0.5) is 4.79 Å². The number of hydrogen-bond acceptors (Lipinski definition) is 5. The normalized spacial score (nSPS) is 16.7. The molecule has 1 aliphatic heterocycles. The minimum absolute atomic E-state index is 0.00324. The summed E-state index contributed by atoms with van der Waals surface area (Å²) in [6.07, 6.45) is 0.459. The molecule has 0 radical (unpaired) electrons. The maximum Gasteiger partial charge on any atom is 0.410 e. The number of carboxylic acids is 1. The number of carbonyl (C=O) groups is 2. The van der Waals surface area contributed by atoms with E-state index < -0.39 is 23.2 Å². The van der Waals surface area contributed by atoms with Gasteiger partial charge < -0.3 is 20.1 Å². The molecule has 1 saturated heterocycles. The van der Waals surface area contributed by atoms with Crippen LogP contribution in [0.15, 0.2) is 17.5 Å². The van der Waals surface area contributed by atoms with Gasteiger partial charge in [-0.15, -0.1) is 11.3 Å². The van der Waals surface area contributed by atoms with E-state index in [1.54, 1.807) is 16.2 Å². The lowest BCUT2D eigenvalue weighted by molar-refractivity contribution is -0.141. The monoisotopic (exact) mass is 340 g/mol.